The number of hydrogen-bond donors (Lipinski definition) is 1. The monoisotopic (exact) mass is 272 g/mol. The van der Waals surface area contributed by atoms with Gasteiger partial charge in [-0.2, -0.15) is 0 Å². The first-order valence-corrected chi connectivity index (χ1v) is 7.43. The van der Waals surface area contributed by atoms with Crippen LogP contribution in [0.15, 0.2) is 24.3 Å². The third kappa shape index (κ3) is 3.89. The quantitative estimate of drug-likeness (QED) is 0.754. The number of benzene rings is 1. The van der Waals surface area contributed by atoms with E-state index in [1.807, 2.05) is 6.92 Å². The van der Waals surface area contributed by atoms with Crippen molar-refractivity contribution in [3.8, 4) is 5.75 Å². The van der Waals surface area contributed by atoms with Gasteiger partial charge in [-0.3, -0.25) is 4.31 Å². The van der Waals surface area contributed by atoms with E-state index in [9.17, 15) is 8.42 Å². The van der Waals surface area contributed by atoms with Crippen molar-refractivity contribution in [1.29, 1.82) is 0 Å². The number of rotatable bonds is 7. The summed E-state index contributed by atoms with van der Waals surface area (Å²) in [7, 11) is -0.141. The molecule has 6 heteroatoms. The van der Waals surface area contributed by atoms with Crippen molar-refractivity contribution in [2.24, 2.45) is 0 Å². The number of sulfonamides is 1. The second kappa shape index (κ2) is 6.61. The molecule has 0 bridgehead atoms. The van der Waals surface area contributed by atoms with Crippen molar-refractivity contribution in [3.05, 3.63) is 24.3 Å². The fourth-order valence-electron chi connectivity index (χ4n) is 1.47. The maximum atomic E-state index is 12.0. The molecule has 0 saturated carbocycles. The Morgan fingerprint density at radius 1 is 1.28 bits per heavy atom. The third-order valence-corrected chi connectivity index (χ3v) is 4.41. The van der Waals surface area contributed by atoms with E-state index < -0.39 is 10.0 Å². The first-order chi connectivity index (χ1) is 8.51. The van der Waals surface area contributed by atoms with E-state index in [0.29, 0.717) is 18.0 Å². The largest absolute Gasteiger partial charge is 0.497 e. The molecule has 0 saturated heterocycles. The highest BCUT2D eigenvalue weighted by Crippen LogP contribution is 2.20. The zero-order chi connectivity index (χ0) is 13.6. The lowest BCUT2D eigenvalue weighted by molar-refractivity contribution is 0.415. The van der Waals surface area contributed by atoms with Gasteiger partial charge in [-0.05, 0) is 30.8 Å². The third-order valence-electron chi connectivity index (χ3n) is 2.64. The smallest absolute Gasteiger partial charge is 0.236 e. The van der Waals surface area contributed by atoms with Gasteiger partial charge in [0.1, 0.15) is 5.75 Å². The molecule has 0 amide bonds. The molecule has 1 N–H and O–H groups in total. The van der Waals surface area contributed by atoms with Gasteiger partial charge in [-0.15, -0.1) is 0 Å². The summed E-state index contributed by atoms with van der Waals surface area (Å²) in [6.45, 7) is 3.17. The Kier molecular flexibility index (Phi) is 5.43. The van der Waals surface area contributed by atoms with E-state index in [4.69, 9.17) is 4.74 Å². The maximum Gasteiger partial charge on any atom is 0.236 e. The number of ether oxygens (including phenoxy) is 1. The molecule has 0 atom stereocenters. The molecule has 5 nitrogen and oxygen atoms in total. The van der Waals surface area contributed by atoms with Gasteiger partial charge in [-0.25, -0.2) is 8.42 Å². The van der Waals surface area contributed by atoms with Gasteiger partial charge in [0, 0.05) is 13.6 Å². The zero-order valence-corrected chi connectivity index (χ0v) is 11.8. The van der Waals surface area contributed by atoms with Crippen LogP contribution in [0.2, 0.25) is 0 Å². The molecule has 0 radical (unpaired) electrons. The average Bonchev–Trinajstić information content (AvgIpc) is 2.38. The Labute approximate surface area is 109 Å². The van der Waals surface area contributed by atoms with E-state index >= 15 is 0 Å². The van der Waals surface area contributed by atoms with Crippen molar-refractivity contribution in [3.63, 3.8) is 0 Å². The Morgan fingerprint density at radius 2 is 1.89 bits per heavy atom. The highest BCUT2D eigenvalue weighted by atomic mass is 32.2. The molecule has 102 valence electrons. The standard InChI is InChI=1S/C12H20N2O3S/c1-4-13-9-10-18(15,16)14(2)11-5-7-12(17-3)8-6-11/h5-8,13H,4,9-10H2,1-3H3. The van der Waals surface area contributed by atoms with E-state index in [2.05, 4.69) is 5.32 Å². The van der Waals surface area contributed by atoms with E-state index in [1.54, 1.807) is 38.4 Å². The summed E-state index contributed by atoms with van der Waals surface area (Å²) < 4.78 is 30.4. The average molecular weight is 272 g/mol. The second-order valence-electron chi connectivity index (χ2n) is 3.84. The van der Waals surface area contributed by atoms with Gasteiger partial charge in [-0.1, -0.05) is 6.92 Å². The lowest BCUT2D eigenvalue weighted by atomic mass is 10.3. The van der Waals surface area contributed by atoms with Crippen LogP contribution >= 0.6 is 0 Å². The van der Waals surface area contributed by atoms with Crippen LogP contribution in [-0.2, 0) is 10.0 Å². The summed E-state index contributed by atoms with van der Waals surface area (Å²) >= 11 is 0. The van der Waals surface area contributed by atoms with Crippen LogP contribution in [-0.4, -0.2) is 41.4 Å². The van der Waals surface area contributed by atoms with Gasteiger partial charge in [0.15, 0.2) is 0 Å². The Balaban J connectivity index is 2.75. The summed E-state index contributed by atoms with van der Waals surface area (Å²) in [5.41, 5.74) is 0.632. The molecular formula is C12H20N2O3S. The van der Waals surface area contributed by atoms with E-state index in [-0.39, 0.29) is 5.75 Å². The van der Waals surface area contributed by atoms with Gasteiger partial charge in [0.25, 0.3) is 0 Å². The molecule has 1 aromatic rings. The molecule has 0 aliphatic heterocycles. The molecule has 1 rings (SSSR count). The summed E-state index contributed by atoms with van der Waals surface area (Å²) in [5.74, 6) is 0.792. The fraction of sp³-hybridized carbons (Fsp3) is 0.500. The summed E-state index contributed by atoms with van der Waals surface area (Å²) in [6.07, 6.45) is 0. The topological polar surface area (TPSA) is 58.6 Å². The van der Waals surface area contributed by atoms with Gasteiger partial charge in [0.2, 0.25) is 10.0 Å². The number of nitrogens with zero attached hydrogens (tertiary/aromatic N) is 1. The molecule has 0 spiro atoms. The molecule has 1 aromatic carbocycles. The maximum absolute atomic E-state index is 12.0. The van der Waals surface area contributed by atoms with Crippen LogP contribution in [0.3, 0.4) is 0 Å². The molecular weight excluding hydrogens is 252 g/mol. The number of anilines is 1. The van der Waals surface area contributed by atoms with E-state index in [1.165, 1.54) is 4.31 Å². The molecule has 0 unspecified atom stereocenters. The van der Waals surface area contributed by atoms with Crippen molar-refractivity contribution in [2.75, 3.05) is 37.3 Å². The Morgan fingerprint density at radius 3 is 2.39 bits per heavy atom. The normalized spacial score (nSPS) is 11.3. The lowest BCUT2D eigenvalue weighted by Crippen LogP contribution is -2.33. The van der Waals surface area contributed by atoms with Crippen molar-refractivity contribution < 1.29 is 13.2 Å². The molecule has 0 heterocycles. The number of nitrogens with one attached hydrogen (secondary N) is 1. The zero-order valence-electron chi connectivity index (χ0n) is 11.0. The van der Waals surface area contributed by atoms with Gasteiger partial charge >= 0.3 is 0 Å². The summed E-state index contributed by atoms with van der Waals surface area (Å²) in [6, 6.07) is 6.94. The highest BCUT2D eigenvalue weighted by molar-refractivity contribution is 7.92. The minimum Gasteiger partial charge on any atom is -0.497 e. The minimum absolute atomic E-state index is 0.0867. The number of methoxy groups -OCH3 is 1. The predicted octanol–water partition coefficient (Wildman–Crippen LogP) is 1.07. The molecule has 18 heavy (non-hydrogen) atoms. The Hall–Kier alpha value is -1.27. The fourth-order valence-corrected chi connectivity index (χ4v) is 2.59. The lowest BCUT2D eigenvalue weighted by Gasteiger charge is -2.19. The van der Waals surface area contributed by atoms with Crippen LogP contribution < -0.4 is 14.4 Å². The van der Waals surface area contributed by atoms with Crippen LogP contribution in [0.1, 0.15) is 6.92 Å². The molecule has 0 fully saturated rings. The van der Waals surface area contributed by atoms with E-state index in [0.717, 1.165) is 6.54 Å². The first-order valence-electron chi connectivity index (χ1n) is 5.82. The van der Waals surface area contributed by atoms with Crippen molar-refractivity contribution in [2.45, 2.75) is 6.92 Å². The molecule has 0 aliphatic carbocycles. The first kappa shape index (κ1) is 14.8. The molecule has 0 aliphatic rings. The van der Waals surface area contributed by atoms with Crippen LogP contribution in [0, 0.1) is 0 Å². The highest BCUT2D eigenvalue weighted by Gasteiger charge is 2.17. The van der Waals surface area contributed by atoms with Crippen LogP contribution in [0.5, 0.6) is 5.75 Å². The van der Waals surface area contributed by atoms with Crippen LogP contribution in [0.25, 0.3) is 0 Å². The van der Waals surface area contributed by atoms with Gasteiger partial charge in [0.05, 0.1) is 18.6 Å². The number of hydrogen-bond acceptors (Lipinski definition) is 4. The van der Waals surface area contributed by atoms with Crippen molar-refractivity contribution >= 4 is 15.7 Å². The van der Waals surface area contributed by atoms with Gasteiger partial charge < -0.3 is 10.1 Å². The van der Waals surface area contributed by atoms with Crippen LogP contribution in [0.4, 0.5) is 5.69 Å². The summed E-state index contributed by atoms with van der Waals surface area (Å²) in [5, 5.41) is 3.00. The molecule has 0 aromatic heterocycles. The SMILES string of the molecule is CCNCCS(=O)(=O)N(C)c1ccc(OC)cc1. The Bertz CT molecular complexity index is 457. The van der Waals surface area contributed by atoms with Crippen molar-refractivity contribution in [1.82, 2.24) is 5.32 Å². The summed E-state index contributed by atoms with van der Waals surface area (Å²) in [4.78, 5) is 0. The minimum atomic E-state index is -3.28. The second-order valence-corrected chi connectivity index (χ2v) is 5.95. The predicted molar refractivity (Wildman–Crippen MR) is 73.7 cm³/mol.